The van der Waals surface area contributed by atoms with Crippen molar-refractivity contribution in [3.05, 3.63) is 65.4 Å². The lowest BCUT2D eigenvalue weighted by Crippen LogP contribution is -2.41. The van der Waals surface area contributed by atoms with Gasteiger partial charge in [-0.2, -0.15) is 0 Å². The van der Waals surface area contributed by atoms with E-state index >= 15 is 0 Å². The van der Waals surface area contributed by atoms with Gasteiger partial charge in [-0.25, -0.2) is 4.99 Å². The number of rotatable bonds is 5. The Bertz CT molecular complexity index is 1110. The summed E-state index contributed by atoms with van der Waals surface area (Å²) in [6, 6.07) is 16.0. The maximum absolute atomic E-state index is 12.1. The van der Waals surface area contributed by atoms with Crippen LogP contribution < -0.4 is 15.4 Å². The van der Waals surface area contributed by atoms with Crippen LogP contribution >= 0.6 is 24.0 Å². The predicted molar refractivity (Wildman–Crippen MR) is 137 cm³/mol. The third kappa shape index (κ3) is 5.35. The lowest BCUT2D eigenvalue weighted by Gasteiger charge is -2.28. The lowest BCUT2D eigenvalue weighted by atomic mass is 10.0. The zero-order valence-corrected chi connectivity index (χ0v) is 20.9. The van der Waals surface area contributed by atoms with E-state index in [2.05, 4.69) is 34.7 Å². The van der Waals surface area contributed by atoms with Gasteiger partial charge in [0.25, 0.3) is 0 Å². The Morgan fingerprint density at radius 3 is 2.69 bits per heavy atom. The first kappa shape index (κ1) is 23.9. The van der Waals surface area contributed by atoms with Crippen molar-refractivity contribution < 1.29 is 13.9 Å². The number of para-hydroxylation sites is 2. The van der Waals surface area contributed by atoms with Crippen molar-refractivity contribution in [3.63, 3.8) is 0 Å². The maximum atomic E-state index is 12.1. The standard InChI is InChI=1S/C24H28N4O3.HI/c1-16-17-8-4-7-11-21(17)31-22(16)14-25-24(26-15-23(29)28(2)3)27-19-12-13-30-20-10-6-5-9-18(19)20;/h4-11,19H,12-15H2,1-3H3,(H2,25,26,27);1H. The molecule has 2 heterocycles. The number of aryl methyl sites for hydroxylation is 1. The number of hydrogen-bond donors (Lipinski definition) is 2. The number of likely N-dealkylation sites (N-methyl/N-ethyl adjacent to an activating group) is 1. The molecule has 170 valence electrons. The number of amides is 1. The molecule has 1 aliphatic heterocycles. The molecule has 4 rings (SSSR count). The second-order valence-electron chi connectivity index (χ2n) is 7.82. The van der Waals surface area contributed by atoms with Crippen molar-refractivity contribution in [2.24, 2.45) is 4.99 Å². The van der Waals surface area contributed by atoms with Crippen LogP contribution in [0.15, 0.2) is 57.9 Å². The van der Waals surface area contributed by atoms with Crippen LogP contribution in [0.25, 0.3) is 11.0 Å². The Morgan fingerprint density at radius 1 is 1.16 bits per heavy atom. The number of carbonyl (C=O) groups excluding carboxylic acids is 1. The van der Waals surface area contributed by atoms with Gasteiger partial charge >= 0.3 is 0 Å². The lowest BCUT2D eigenvalue weighted by molar-refractivity contribution is -0.127. The molecule has 0 radical (unpaired) electrons. The molecule has 1 amide bonds. The van der Waals surface area contributed by atoms with Gasteiger partial charge in [-0.15, -0.1) is 24.0 Å². The molecule has 7 nitrogen and oxygen atoms in total. The summed E-state index contributed by atoms with van der Waals surface area (Å²) in [5.41, 5.74) is 3.05. The summed E-state index contributed by atoms with van der Waals surface area (Å²) in [5, 5.41) is 7.92. The fourth-order valence-corrected chi connectivity index (χ4v) is 3.66. The Kier molecular flexibility index (Phi) is 8.00. The molecule has 1 atom stereocenters. The first-order valence-electron chi connectivity index (χ1n) is 10.5. The largest absolute Gasteiger partial charge is 0.493 e. The van der Waals surface area contributed by atoms with Crippen LogP contribution in [-0.4, -0.2) is 44.0 Å². The van der Waals surface area contributed by atoms with E-state index in [1.165, 1.54) is 4.90 Å². The van der Waals surface area contributed by atoms with Crippen molar-refractivity contribution in [2.45, 2.75) is 25.9 Å². The second-order valence-corrected chi connectivity index (χ2v) is 7.82. The van der Waals surface area contributed by atoms with Crippen molar-refractivity contribution in [1.82, 2.24) is 15.5 Å². The quantitative estimate of drug-likeness (QED) is 0.286. The first-order valence-corrected chi connectivity index (χ1v) is 10.5. The molecule has 0 bridgehead atoms. The van der Waals surface area contributed by atoms with Crippen molar-refractivity contribution in [2.75, 3.05) is 27.2 Å². The zero-order chi connectivity index (χ0) is 21.8. The summed E-state index contributed by atoms with van der Waals surface area (Å²) in [4.78, 5) is 18.2. The Hall–Kier alpha value is -2.75. The van der Waals surface area contributed by atoms with E-state index in [0.29, 0.717) is 19.1 Å². The number of nitrogens with zero attached hydrogens (tertiary/aromatic N) is 2. The summed E-state index contributed by atoms with van der Waals surface area (Å²) in [7, 11) is 3.45. The minimum Gasteiger partial charge on any atom is -0.493 e. The number of carbonyl (C=O) groups is 1. The van der Waals surface area contributed by atoms with Crippen LogP contribution in [0.5, 0.6) is 5.75 Å². The number of guanidine groups is 1. The van der Waals surface area contributed by atoms with Gasteiger partial charge in [-0.05, 0) is 19.1 Å². The van der Waals surface area contributed by atoms with E-state index in [4.69, 9.17) is 9.15 Å². The highest BCUT2D eigenvalue weighted by Gasteiger charge is 2.22. The fraction of sp³-hybridized carbons (Fsp3) is 0.333. The van der Waals surface area contributed by atoms with Crippen LogP contribution in [0.3, 0.4) is 0 Å². The van der Waals surface area contributed by atoms with Crippen LogP contribution in [0, 0.1) is 6.92 Å². The average molecular weight is 548 g/mol. The molecule has 0 saturated heterocycles. The molecular weight excluding hydrogens is 519 g/mol. The molecule has 1 aliphatic rings. The fourth-order valence-electron chi connectivity index (χ4n) is 3.66. The average Bonchev–Trinajstić information content (AvgIpc) is 3.11. The number of aliphatic imine (C=N–C) groups is 1. The summed E-state index contributed by atoms with van der Waals surface area (Å²) in [6.07, 6.45) is 0.809. The number of nitrogens with one attached hydrogen (secondary N) is 2. The predicted octanol–water partition coefficient (Wildman–Crippen LogP) is 4.01. The Balaban J connectivity index is 0.00000289. The highest BCUT2D eigenvalue weighted by molar-refractivity contribution is 14.0. The molecule has 1 aromatic heterocycles. The van der Waals surface area contributed by atoms with E-state index in [0.717, 1.165) is 40.0 Å². The van der Waals surface area contributed by atoms with Crippen molar-refractivity contribution in [3.8, 4) is 5.75 Å². The van der Waals surface area contributed by atoms with Gasteiger partial charge in [-0.3, -0.25) is 4.79 Å². The molecule has 0 fully saturated rings. The van der Waals surface area contributed by atoms with E-state index in [1.54, 1.807) is 14.1 Å². The van der Waals surface area contributed by atoms with E-state index in [9.17, 15) is 4.79 Å². The molecule has 0 spiro atoms. The second kappa shape index (κ2) is 10.7. The third-order valence-electron chi connectivity index (χ3n) is 5.50. The Morgan fingerprint density at radius 2 is 1.91 bits per heavy atom. The molecule has 2 N–H and O–H groups in total. The molecule has 1 unspecified atom stereocenters. The molecular formula is C24H29IN4O3. The highest BCUT2D eigenvalue weighted by Crippen LogP contribution is 2.31. The smallest absolute Gasteiger partial charge is 0.243 e. The minimum absolute atomic E-state index is 0. The van der Waals surface area contributed by atoms with Crippen LogP contribution in [-0.2, 0) is 11.3 Å². The first-order chi connectivity index (χ1) is 15.0. The van der Waals surface area contributed by atoms with Crippen molar-refractivity contribution in [1.29, 1.82) is 0 Å². The molecule has 0 saturated carbocycles. The SMILES string of the molecule is Cc1c(CNC(=NCC(=O)N(C)C)NC2CCOc3ccccc32)oc2ccccc12.I. The molecule has 8 heteroatoms. The number of furan rings is 1. The Labute approximate surface area is 205 Å². The number of fused-ring (bicyclic) bond motifs is 2. The molecule has 0 aliphatic carbocycles. The van der Waals surface area contributed by atoms with E-state index in [-0.39, 0.29) is 42.5 Å². The summed E-state index contributed by atoms with van der Waals surface area (Å²) >= 11 is 0. The molecule has 32 heavy (non-hydrogen) atoms. The van der Waals surface area contributed by atoms with E-state index < -0.39 is 0 Å². The van der Waals surface area contributed by atoms with Gasteiger partial charge in [0, 0.05) is 37.0 Å². The molecule has 3 aromatic rings. The van der Waals surface area contributed by atoms with Gasteiger partial charge in [0.2, 0.25) is 5.91 Å². The summed E-state index contributed by atoms with van der Waals surface area (Å²) in [6.45, 7) is 3.21. The van der Waals surface area contributed by atoms with Gasteiger partial charge in [0.15, 0.2) is 5.96 Å². The monoisotopic (exact) mass is 548 g/mol. The number of ether oxygens (including phenoxy) is 1. The maximum Gasteiger partial charge on any atom is 0.243 e. The number of benzene rings is 2. The van der Waals surface area contributed by atoms with Gasteiger partial charge < -0.3 is 24.7 Å². The van der Waals surface area contributed by atoms with E-state index in [1.807, 2.05) is 36.4 Å². The number of hydrogen-bond acceptors (Lipinski definition) is 4. The normalized spacial score (nSPS) is 15.3. The summed E-state index contributed by atoms with van der Waals surface area (Å²) in [5.74, 6) is 2.23. The minimum atomic E-state index is -0.0617. The van der Waals surface area contributed by atoms with Gasteiger partial charge in [0.05, 0.1) is 19.2 Å². The highest BCUT2D eigenvalue weighted by atomic mass is 127. The third-order valence-corrected chi connectivity index (χ3v) is 5.50. The zero-order valence-electron chi connectivity index (χ0n) is 18.6. The van der Waals surface area contributed by atoms with Gasteiger partial charge in [-0.1, -0.05) is 36.4 Å². The molecule has 2 aromatic carbocycles. The van der Waals surface area contributed by atoms with Crippen LogP contribution in [0.4, 0.5) is 0 Å². The van der Waals surface area contributed by atoms with Crippen LogP contribution in [0.1, 0.15) is 29.3 Å². The number of halogens is 1. The van der Waals surface area contributed by atoms with Crippen LogP contribution in [0.2, 0.25) is 0 Å². The van der Waals surface area contributed by atoms with Crippen molar-refractivity contribution >= 4 is 46.8 Å². The topological polar surface area (TPSA) is 79.1 Å². The summed E-state index contributed by atoms with van der Waals surface area (Å²) < 4.78 is 11.8. The van der Waals surface area contributed by atoms with Gasteiger partial charge in [0.1, 0.15) is 23.6 Å².